The number of phenolic OH excluding ortho intramolecular Hbond substituents is 2. The van der Waals surface area contributed by atoms with Crippen molar-refractivity contribution >= 4 is 5.78 Å². The fourth-order valence-corrected chi connectivity index (χ4v) is 4.52. The highest BCUT2D eigenvalue weighted by molar-refractivity contribution is 5.86. The standard InChI is InChI=1S/C17H22O3/c1-16(2)14-5-4-10-8-12(18)13(19)9-11(10)17(14,3)7-6-15(16)20/h8-9,14,18-19H,4-7H2,1-3H3. The molecule has 2 atom stereocenters. The number of phenols is 2. The van der Waals surface area contributed by atoms with Crippen molar-refractivity contribution < 1.29 is 15.0 Å². The molecule has 0 heterocycles. The van der Waals surface area contributed by atoms with Crippen LogP contribution >= 0.6 is 0 Å². The third-order valence-corrected chi connectivity index (χ3v) is 5.75. The maximum Gasteiger partial charge on any atom is 0.157 e. The Bertz CT molecular complexity index is 588. The lowest BCUT2D eigenvalue weighted by Crippen LogP contribution is -2.52. The van der Waals surface area contributed by atoms with E-state index < -0.39 is 0 Å². The molecular weight excluding hydrogens is 252 g/mol. The van der Waals surface area contributed by atoms with E-state index in [-0.39, 0.29) is 22.3 Å². The van der Waals surface area contributed by atoms with Gasteiger partial charge in [-0.1, -0.05) is 20.8 Å². The minimum atomic E-state index is -0.307. The lowest BCUT2D eigenvalue weighted by atomic mass is 9.50. The quantitative estimate of drug-likeness (QED) is 0.714. The van der Waals surface area contributed by atoms with Crippen LogP contribution < -0.4 is 0 Å². The summed E-state index contributed by atoms with van der Waals surface area (Å²) in [4.78, 5) is 12.3. The molecule has 0 saturated heterocycles. The first-order valence-electron chi connectivity index (χ1n) is 7.35. The van der Waals surface area contributed by atoms with Crippen molar-refractivity contribution in [3.8, 4) is 11.5 Å². The number of hydrogen-bond acceptors (Lipinski definition) is 3. The summed E-state index contributed by atoms with van der Waals surface area (Å²) >= 11 is 0. The third-order valence-electron chi connectivity index (χ3n) is 5.75. The summed E-state index contributed by atoms with van der Waals surface area (Å²) in [6.07, 6.45) is 3.25. The van der Waals surface area contributed by atoms with Crippen LogP contribution in [0.25, 0.3) is 0 Å². The zero-order chi connectivity index (χ0) is 14.7. The Morgan fingerprint density at radius 3 is 2.45 bits per heavy atom. The lowest BCUT2D eigenvalue weighted by molar-refractivity contribution is -0.137. The SMILES string of the molecule is CC1(C)C(=O)CCC2(C)c3cc(O)c(O)cc3CCC12. The Kier molecular flexibility index (Phi) is 2.69. The topological polar surface area (TPSA) is 57.5 Å². The molecule has 3 nitrogen and oxygen atoms in total. The van der Waals surface area contributed by atoms with Crippen molar-refractivity contribution in [1.82, 2.24) is 0 Å². The number of fused-ring (bicyclic) bond motifs is 3. The highest BCUT2D eigenvalue weighted by Gasteiger charge is 2.53. The fourth-order valence-electron chi connectivity index (χ4n) is 4.52. The van der Waals surface area contributed by atoms with Gasteiger partial charge in [-0.15, -0.1) is 0 Å². The number of hydrogen-bond donors (Lipinski definition) is 2. The molecule has 2 N–H and O–H groups in total. The Morgan fingerprint density at radius 1 is 1.10 bits per heavy atom. The monoisotopic (exact) mass is 274 g/mol. The van der Waals surface area contributed by atoms with E-state index in [1.165, 1.54) is 0 Å². The second-order valence-electron chi connectivity index (χ2n) is 7.15. The van der Waals surface area contributed by atoms with E-state index in [4.69, 9.17) is 0 Å². The van der Waals surface area contributed by atoms with Gasteiger partial charge in [-0.3, -0.25) is 4.79 Å². The molecule has 0 aromatic heterocycles. The minimum absolute atomic E-state index is 0.0445. The first-order valence-corrected chi connectivity index (χ1v) is 7.35. The zero-order valence-corrected chi connectivity index (χ0v) is 12.4. The van der Waals surface area contributed by atoms with Crippen molar-refractivity contribution in [3.63, 3.8) is 0 Å². The summed E-state index contributed by atoms with van der Waals surface area (Å²) in [5.41, 5.74) is 1.84. The number of carbonyl (C=O) groups is 1. The van der Waals surface area contributed by atoms with Gasteiger partial charge < -0.3 is 10.2 Å². The molecule has 0 bridgehead atoms. The molecular formula is C17H22O3. The molecule has 1 fully saturated rings. The maximum absolute atomic E-state index is 12.3. The van der Waals surface area contributed by atoms with Crippen LogP contribution in [0, 0.1) is 11.3 Å². The van der Waals surface area contributed by atoms with Gasteiger partial charge in [-0.05, 0) is 53.9 Å². The summed E-state index contributed by atoms with van der Waals surface area (Å²) in [5, 5.41) is 19.5. The molecule has 0 radical (unpaired) electrons. The molecule has 1 saturated carbocycles. The van der Waals surface area contributed by atoms with Crippen LogP contribution in [0.4, 0.5) is 0 Å². The van der Waals surface area contributed by atoms with Crippen LogP contribution in [0.3, 0.4) is 0 Å². The van der Waals surface area contributed by atoms with Gasteiger partial charge in [0.1, 0.15) is 5.78 Å². The van der Waals surface area contributed by atoms with Gasteiger partial charge in [-0.2, -0.15) is 0 Å². The van der Waals surface area contributed by atoms with Crippen molar-refractivity contribution in [1.29, 1.82) is 0 Å². The van der Waals surface area contributed by atoms with E-state index in [0.29, 0.717) is 18.1 Å². The number of Topliss-reactive ketones (excluding diaryl/α,β-unsaturated/α-hetero) is 1. The molecule has 2 aliphatic rings. The first kappa shape index (κ1) is 13.5. The molecule has 2 aliphatic carbocycles. The van der Waals surface area contributed by atoms with Crippen LogP contribution in [-0.4, -0.2) is 16.0 Å². The summed E-state index contributed by atoms with van der Waals surface area (Å²) in [5.74, 6) is 0.552. The van der Waals surface area contributed by atoms with Crippen molar-refractivity contribution in [2.75, 3.05) is 0 Å². The Labute approximate surface area is 119 Å². The Morgan fingerprint density at radius 2 is 1.75 bits per heavy atom. The van der Waals surface area contributed by atoms with E-state index in [1.807, 2.05) is 0 Å². The second kappa shape index (κ2) is 4.00. The average Bonchev–Trinajstić information content (AvgIpc) is 2.37. The molecule has 3 rings (SSSR count). The van der Waals surface area contributed by atoms with E-state index in [2.05, 4.69) is 20.8 Å². The van der Waals surface area contributed by atoms with Crippen LogP contribution in [-0.2, 0) is 16.6 Å². The number of aromatic hydroxyl groups is 2. The summed E-state index contributed by atoms with van der Waals surface area (Å²) in [6.45, 7) is 6.33. The van der Waals surface area contributed by atoms with Crippen molar-refractivity contribution in [2.24, 2.45) is 11.3 Å². The lowest BCUT2D eigenvalue weighted by Gasteiger charge is -2.53. The molecule has 108 valence electrons. The van der Waals surface area contributed by atoms with Gasteiger partial charge in [0, 0.05) is 11.8 Å². The van der Waals surface area contributed by atoms with Crippen LogP contribution in [0.1, 0.15) is 51.2 Å². The van der Waals surface area contributed by atoms with Gasteiger partial charge in [0.2, 0.25) is 0 Å². The van der Waals surface area contributed by atoms with Gasteiger partial charge in [0.05, 0.1) is 0 Å². The molecule has 3 heteroatoms. The number of benzene rings is 1. The number of rotatable bonds is 0. The van der Waals surface area contributed by atoms with E-state index >= 15 is 0 Å². The highest BCUT2D eigenvalue weighted by Crippen LogP contribution is 2.56. The zero-order valence-electron chi connectivity index (χ0n) is 12.4. The van der Waals surface area contributed by atoms with Crippen LogP contribution in [0.5, 0.6) is 11.5 Å². The molecule has 1 aromatic rings. The minimum Gasteiger partial charge on any atom is -0.504 e. The maximum atomic E-state index is 12.3. The number of aryl methyl sites for hydroxylation is 1. The average molecular weight is 274 g/mol. The Hall–Kier alpha value is -1.51. The molecule has 1 aromatic carbocycles. The highest BCUT2D eigenvalue weighted by atomic mass is 16.3. The summed E-state index contributed by atoms with van der Waals surface area (Å²) < 4.78 is 0. The first-order chi connectivity index (χ1) is 9.26. The largest absolute Gasteiger partial charge is 0.504 e. The van der Waals surface area contributed by atoms with Crippen molar-refractivity contribution in [2.45, 2.75) is 51.9 Å². The molecule has 2 unspecified atom stereocenters. The number of carbonyl (C=O) groups excluding carboxylic acids is 1. The molecule has 0 spiro atoms. The van der Waals surface area contributed by atoms with Gasteiger partial charge in [0.25, 0.3) is 0 Å². The molecule has 0 aliphatic heterocycles. The third kappa shape index (κ3) is 1.62. The van der Waals surface area contributed by atoms with Gasteiger partial charge in [-0.25, -0.2) is 0 Å². The normalized spacial score (nSPS) is 31.6. The Balaban J connectivity index is 2.16. The summed E-state index contributed by atoms with van der Waals surface area (Å²) in [6, 6.07) is 3.40. The van der Waals surface area contributed by atoms with E-state index in [9.17, 15) is 15.0 Å². The smallest absolute Gasteiger partial charge is 0.157 e. The molecule has 0 amide bonds. The predicted molar refractivity (Wildman–Crippen MR) is 77.0 cm³/mol. The van der Waals surface area contributed by atoms with Crippen LogP contribution in [0.2, 0.25) is 0 Å². The second-order valence-corrected chi connectivity index (χ2v) is 7.15. The van der Waals surface area contributed by atoms with Crippen LogP contribution in [0.15, 0.2) is 12.1 Å². The van der Waals surface area contributed by atoms with E-state index in [1.54, 1.807) is 12.1 Å². The van der Waals surface area contributed by atoms with Gasteiger partial charge >= 0.3 is 0 Å². The fraction of sp³-hybridized carbons (Fsp3) is 0.588. The summed E-state index contributed by atoms with van der Waals surface area (Å²) in [7, 11) is 0. The predicted octanol–water partition coefficient (Wildman–Crippen LogP) is 3.31. The van der Waals surface area contributed by atoms with Crippen molar-refractivity contribution in [3.05, 3.63) is 23.3 Å². The number of ketones is 1. The molecule has 20 heavy (non-hydrogen) atoms. The van der Waals surface area contributed by atoms with Gasteiger partial charge in [0.15, 0.2) is 11.5 Å². The van der Waals surface area contributed by atoms with E-state index in [0.717, 1.165) is 30.4 Å².